The van der Waals surface area contributed by atoms with Crippen LogP contribution in [0.25, 0.3) is 0 Å². The van der Waals surface area contributed by atoms with E-state index in [2.05, 4.69) is 20.1 Å². The average molecular weight is 484 g/mol. The standard InChI is InChI=1S/C26H24F4N4O/c27-20-7-4-17(5-8-20)15-32-25(35)21-14-18-13-19(26(28,29)30)6-9-22(18)34-12-11-33(16-23(21)34)24-3-1-2-10-31-24/h1-10,13,21,23H,11-12,14-16H2,(H,32,35). The highest BCUT2D eigenvalue weighted by Gasteiger charge is 2.43. The van der Waals surface area contributed by atoms with E-state index in [9.17, 15) is 22.4 Å². The number of aromatic nitrogens is 1. The maximum atomic E-state index is 13.4. The molecule has 0 bridgehead atoms. The Balaban J connectivity index is 1.43. The monoisotopic (exact) mass is 484 g/mol. The van der Waals surface area contributed by atoms with Crippen molar-refractivity contribution in [2.24, 2.45) is 5.92 Å². The lowest BCUT2D eigenvalue weighted by Gasteiger charge is -2.49. The quantitative estimate of drug-likeness (QED) is 0.557. The number of carbonyl (C=O) groups is 1. The number of fused-ring (bicyclic) bond motifs is 3. The molecule has 1 fully saturated rings. The third-order valence-electron chi connectivity index (χ3n) is 6.73. The number of hydrogen-bond acceptors (Lipinski definition) is 4. The van der Waals surface area contributed by atoms with Crippen molar-refractivity contribution in [2.45, 2.75) is 25.2 Å². The molecule has 2 aliphatic rings. The van der Waals surface area contributed by atoms with Gasteiger partial charge in [0.25, 0.3) is 0 Å². The molecule has 1 saturated heterocycles. The van der Waals surface area contributed by atoms with Gasteiger partial charge in [0.2, 0.25) is 5.91 Å². The van der Waals surface area contributed by atoms with E-state index in [1.54, 1.807) is 18.3 Å². The minimum Gasteiger partial charge on any atom is -0.364 e. The summed E-state index contributed by atoms with van der Waals surface area (Å²) in [6, 6.07) is 15.0. The predicted octanol–water partition coefficient (Wildman–Crippen LogP) is 4.42. The zero-order valence-corrected chi connectivity index (χ0v) is 18.8. The summed E-state index contributed by atoms with van der Waals surface area (Å²) in [5, 5.41) is 2.91. The second-order valence-electron chi connectivity index (χ2n) is 8.89. The van der Waals surface area contributed by atoms with Gasteiger partial charge in [0.1, 0.15) is 11.6 Å². The summed E-state index contributed by atoms with van der Waals surface area (Å²) >= 11 is 0. The van der Waals surface area contributed by atoms with Crippen molar-refractivity contribution in [3.63, 3.8) is 0 Å². The lowest BCUT2D eigenvalue weighted by molar-refractivity contribution is -0.137. The molecule has 2 aliphatic heterocycles. The van der Waals surface area contributed by atoms with E-state index in [-0.39, 0.29) is 30.7 Å². The number of halogens is 4. The number of hydrogen-bond donors (Lipinski definition) is 1. The molecule has 1 N–H and O–H groups in total. The number of carbonyl (C=O) groups excluding carboxylic acids is 1. The van der Waals surface area contributed by atoms with Crippen LogP contribution in [0.3, 0.4) is 0 Å². The van der Waals surface area contributed by atoms with Crippen molar-refractivity contribution in [1.29, 1.82) is 0 Å². The van der Waals surface area contributed by atoms with Crippen LogP contribution < -0.4 is 15.1 Å². The smallest absolute Gasteiger partial charge is 0.364 e. The van der Waals surface area contributed by atoms with Crippen LogP contribution in [0.15, 0.2) is 66.9 Å². The SMILES string of the molecule is O=C(NCc1ccc(F)cc1)C1Cc2cc(C(F)(F)F)ccc2N2CCN(c3ccccn3)CC12. The van der Waals surface area contributed by atoms with Gasteiger partial charge >= 0.3 is 6.18 Å². The highest BCUT2D eigenvalue weighted by atomic mass is 19.4. The summed E-state index contributed by atoms with van der Waals surface area (Å²) in [5.41, 5.74) is 1.29. The maximum Gasteiger partial charge on any atom is 0.416 e. The first-order valence-corrected chi connectivity index (χ1v) is 11.4. The topological polar surface area (TPSA) is 48.5 Å². The molecule has 2 atom stereocenters. The zero-order valence-electron chi connectivity index (χ0n) is 18.8. The van der Waals surface area contributed by atoms with Gasteiger partial charge in [-0.25, -0.2) is 9.37 Å². The summed E-state index contributed by atoms with van der Waals surface area (Å²) in [6.07, 6.45) is -2.54. The summed E-state index contributed by atoms with van der Waals surface area (Å²) in [5.74, 6) is -0.360. The van der Waals surface area contributed by atoms with Gasteiger partial charge < -0.3 is 15.1 Å². The number of anilines is 2. The Bertz CT molecular complexity index is 1200. The normalized spacial score (nSPS) is 19.7. The first kappa shape index (κ1) is 23.1. The van der Waals surface area contributed by atoms with Crippen molar-refractivity contribution < 1.29 is 22.4 Å². The van der Waals surface area contributed by atoms with Crippen molar-refractivity contribution in [3.05, 3.63) is 89.4 Å². The number of alkyl halides is 3. The fraction of sp³-hybridized carbons (Fsp3) is 0.308. The molecule has 2 unspecified atom stereocenters. The molecule has 9 heteroatoms. The molecular formula is C26H24F4N4O. The van der Waals surface area contributed by atoms with Crippen LogP contribution in [-0.4, -0.2) is 36.6 Å². The second-order valence-corrected chi connectivity index (χ2v) is 8.89. The van der Waals surface area contributed by atoms with Gasteiger partial charge in [-0.15, -0.1) is 0 Å². The minimum atomic E-state index is -4.45. The Morgan fingerprint density at radius 1 is 1.06 bits per heavy atom. The Morgan fingerprint density at radius 2 is 1.86 bits per heavy atom. The maximum absolute atomic E-state index is 13.4. The Morgan fingerprint density at radius 3 is 2.57 bits per heavy atom. The highest BCUT2D eigenvalue weighted by molar-refractivity contribution is 5.82. The molecular weight excluding hydrogens is 460 g/mol. The number of piperazine rings is 1. The number of amides is 1. The van der Waals surface area contributed by atoms with Crippen molar-refractivity contribution in [2.75, 3.05) is 29.4 Å². The van der Waals surface area contributed by atoms with Gasteiger partial charge in [0, 0.05) is 38.1 Å². The number of benzene rings is 2. The van der Waals surface area contributed by atoms with E-state index in [0.717, 1.165) is 29.2 Å². The third-order valence-corrected chi connectivity index (χ3v) is 6.73. The van der Waals surface area contributed by atoms with Crippen molar-refractivity contribution in [3.8, 4) is 0 Å². The molecule has 5 nitrogen and oxygen atoms in total. The van der Waals surface area contributed by atoms with Gasteiger partial charge in [-0.1, -0.05) is 18.2 Å². The van der Waals surface area contributed by atoms with Gasteiger partial charge in [0.15, 0.2) is 0 Å². The van der Waals surface area contributed by atoms with Crippen LogP contribution >= 0.6 is 0 Å². The van der Waals surface area contributed by atoms with Gasteiger partial charge in [0.05, 0.1) is 17.5 Å². The number of pyridine rings is 1. The van der Waals surface area contributed by atoms with Crippen LogP contribution in [0.4, 0.5) is 29.1 Å². The molecule has 1 aromatic heterocycles. The average Bonchev–Trinajstić information content (AvgIpc) is 2.87. The summed E-state index contributed by atoms with van der Waals surface area (Å²) in [4.78, 5) is 22.0. The third kappa shape index (κ3) is 4.80. The van der Waals surface area contributed by atoms with Crippen LogP contribution in [-0.2, 0) is 23.9 Å². The molecule has 0 aliphatic carbocycles. The molecule has 3 heterocycles. The second kappa shape index (κ2) is 9.20. The van der Waals surface area contributed by atoms with Crippen LogP contribution in [0.1, 0.15) is 16.7 Å². The molecule has 182 valence electrons. The molecule has 35 heavy (non-hydrogen) atoms. The van der Waals surface area contributed by atoms with E-state index >= 15 is 0 Å². The van der Waals surface area contributed by atoms with Gasteiger partial charge in [-0.2, -0.15) is 13.2 Å². The molecule has 0 spiro atoms. The summed E-state index contributed by atoms with van der Waals surface area (Å²) in [6.45, 7) is 1.92. The van der Waals surface area contributed by atoms with E-state index < -0.39 is 17.7 Å². The Kier molecular flexibility index (Phi) is 6.08. The number of rotatable bonds is 4. The molecule has 1 amide bonds. The van der Waals surface area contributed by atoms with Crippen LogP contribution in [0.2, 0.25) is 0 Å². The lowest BCUT2D eigenvalue weighted by atomic mass is 9.82. The fourth-order valence-corrected chi connectivity index (χ4v) is 4.97. The molecule has 2 aromatic carbocycles. The minimum absolute atomic E-state index is 0.200. The summed E-state index contributed by atoms with van der Waals surface area (Å²) < 4.78 is 53.4. The van der Waals surface area contributed by atoms with E-state index in [1.165, 1.54) is 18.2 Å². The Labute approximate surface area is 200 Å². The number of nitrogens with zero attached hydrogens (tertiary/aromatic N) is 3. The first-order chi connectivity index (χ1) is 16.8. The fourth-order valence-electron chi connectivity index (χ4n) is 4.97. The highest BCUT2D eigenvalue weighted by Crippen LogP contribution is 2.40. The number of nitrogens with one attached hydrogen (secondary N) is 1. The van der Waals surface area contributed by atoms with Crippen molar-refractivity contribution >= 4 is 17.4 Å². The van der Waals surface area contributed by atoms with E-state index in [4.69, 9.17) is 0 Å². The lowest BCUT2D eigenvalue weighted by Crippen LogP contribution is -2.61. The van der Waals surface area contributed by atoms with Crippen LogP contribution in [0.5, 0.6) is 0 Å². The van der Waals surface area contributed by atoms with Crippen LogP contribution in [0, 0.1) is 11.7 Å². The largest absolute Gasteiger partial charge is 0.416 e. The van der Waals surface area contributed by atoms with Gasteiger partial charge in [-0.3, -0.25) is 4.79 Å². The van der Waals surface area contributed by atoms with Gasteiger partial charge in [-0.05, 0) is 60.0 Å². The van der Waals surface area contributed by atoms with Crippen molar-refractivity contribution in [1.82, 2.24) is 10.3 Å². The molecule has 3 aromatic rings. The zero-order chi connectivity index (χ0) is 24.6. The molecule has 0 saturated carbocycles. The van der Waals surface area contributed by atoms with E-state index in [0.29, 0.717) is 25.2 Å². The predicted molar refractivity (Wildman–Crippen MR) is 124 cm³/mol. The summed E-state index contributed by atoms with van der Waals surface area (Å²) in [7, 11) is 0. The molecule has 0 radical (unpaired) electrons. The molecule has 5 rings (SSSR count). The van der Waals surface area contributed by atoms with E-state index in [1.807, 2.05) is 18.2 Å². The Hall–Kier alpha value is -3.62. The first-order valence-electron chi connectivity index (χ1n) is 11.4.